The van der Waals surface area contributed by atoms with E-state index in [4.69, 9.17) is 0 Å². The average molecular weight is 312 g/mol. The molecule has 0 saturated carbocycles. The predicted molar refractivity (Wildman–Crippen MR) is 97.2 cm³/mol. The van der Waals surface area contributed by atoms with Crippen molar-refractivity contribution in [3.8, 4) is 11.3 Å². The number of anilines is 1. The highest BCUT2D eigenvalue weighted by atomic mass is 16.1. The summed E-state index contributed by atoms with van der Waals surface area (Å²) in [5.74, 6) is -0.105. The van der Waals surface area contributed by atoms with Crippen molar-refractivity contribution < 1.29 is 4.79 Å². The quantitative estimate of drug-likeness (QED) is 0.576. The lowest BCUT2D eigenvalue weighted by molar-refractivity contribution is 0.102. The Labute approximate surface area is 140 Å². The molecule has 1 N–H and O–H groups in total. The number of amides is 1. The van der Waals surface area contributed by atoms with Crippen molar-refractivity contribution in [2.75, 3.05) is 5.32 Å². The van der Waals surface area contributed by atoms with Gasteiger partial charge >= 0.3 is 0 Å². The molecule has 0 aliphatic heterocycles. The first kappa shape index (κ1) is 14.3. The van der Waals surface area contributed by atoms with Crippen LogP contribution in [0.4, 0.5) is 5.69 Å². The van der Waals surface area contributed by atoms with Crippen molar-refractivity contribution in [2.45, 2.75) is 0 Å². The lowest BCUT2D eigenvalue weighted by atomic mass is 10.1. The second-order valence-electron chi connectivity index (χ2n) is 5.59. The van der Waals surface area contributed by atoms with E-state index in [0.29, 0.717) is 5.56 Å². The number of carbonyl (C=O) groups excluding carboxylic acids is 1. The van der Waals surface area contributed by atoms with Crippen molar-refractivity contribution in [1.82, 2.24) is 4.40 Å². The van der Waals surface area contributed by atoms with Crippen molar-refractivity contribution >= 4 is 17.1 Å². The topological polar surface area (TPSA) is 33.5 Å². The summed E-state index contributed by atoms with van der Waals surface area (Å²) in [7, 11) is 0. The molecule has 0 atom stereocenters. The van der Waals surface area contributed by atoms with E-state index in [2.05, 4.69) is 9.72 Å². The van der Waals surface area contributed by atoms with Gasteiger partial charge in [0, 0.05) is 11.9 Å². The molecule has 116 valence electrons. The maximum Gasteiger partial charge on any atom is 0.257 e. The number of hydrogen-bond acceptors (Lipinski definition) is 1. The second-order valence-corrected chi connectivity index (χ2v) is 5.59. The van der Waals surface area contributed by atoms with Crippen LogP contribution in [-0.4, -0.2) is 10.3 Å². The molecule has 0 aliphatic carbocycles. The van der Waals surface area contributed by atoms with Gasteiger partial charge in [0.25, 0.3) is 5.91 Å². The van der Waals surface area contributed by atoms with Crippen LogP contribution in [0.1, 0.15) is 10.4 Å². The van der Waals surface area contributed by atoms with E-state index in [-0.39, 0.29) is 5.91 Å². The zero-order valence-electron chi connectivity index (χ0n) is 13.0. The maximum absolute atomic E-state index is 12.7. The van der Waals surface area contributed by atoms with Crippen molar-refractivity contribution in [2.24, 2.45) is 0 Å². The minimum absolute atomic E-state index is 0.105. The number of rotatable bonds is 3. The molecule has 0 saturated heterocycles. The van der Waals surface area contributed by atoms with E-state index in [0.717, 1.165) is 22.5 Å². The Morgan fingerprint density at radius 3 is 2.21 bits per heavy atom. The number of carbonyl (C=O) groups is 1. The van der Waals surface area contributed by atoms with Gasteiger partial charge in [-0.05, 0) is 35.9 Å². The molecule has 3 nitrogen and oxygen atoms in total. The van der Waals surface area contributed by atoms with Crippen LogP contribution in [0.3, 0.4) is 0 Å². The smallest absolute Gasteiger partial charge is 0.257 e. The van der Waals surface area contributed by atoms with E-state index in [9.17, 15) is 4.79 Å². The zero-order chi connectivity index (χ0) is 16.4. The molecule has 0 unspecified atom stereocenters. The number of nitrogens with one attached hydrogen (secondary N) is 1. The van der Waals surface area contributed by atoms with Gasteiger partial charge in [-0.15, -0.1) is 0 Å². The van der Waals surface area contributed by atoms with Crippen LogP contribution >= 0.6 is 0 Å². The van der Waals surface area contributed by atoms with Crippen LogP contribution in [-0.2, 0) is 0 Å². The fourth-order valence-electron chi connectivity index (χ4n) is 2.89. The average Bonchev–Trinajstić information content (AvgIpc) is 3.03. The first-order chi connectivity index (χ1) is 11.8. The largest absolute Gasteiger partial charge is 0.322 e. The van der Waals surface area contributed by atoms with Crippen molar-refractivity contribution in [3.05, 3.63) is 96.7 Å². The molecule has 2 heterocycles. The minimum Gasteiger partial charge on any atom is -0.322 e. The number of hydrogen-bond donors (Lipinski definition) is 1. The van der Waals surface area contributed by atoms with E-state index < -0.39 is 0 Å². The summed E-state index contributed by atoms with van der Waals surface area (Å²) in [5.41, 5.74) is 4.43. The number of para-hydroxylation sites is 1. The summed E-state index contributed by atoms with van der Waals surface area (Å²) < 4.78 is 2.05. The van der Waals surface area contributed by atoms with Gasteiger partial charge in [0.2, 0.25) is 0 Å². The van der Waals surface area contributed by atoms with Gasteiger partial charge in [-0.25, -0.2) is 0 Å². The summed E-state index contributed by atoms with van der Waals surface area (Å²) in [6.07, 6.45) is 1.98. The highest BCUT2D eigenvalue weighted by molar-refractivity contribution is 6.10. The molecule has 3 heteroatoms. The molecule has 1 amide bonds. The Bertz CT molecular complexity index is 988. The van der Waals surface area contributed by atoms with E-state index in [1.165, 1.54) is 0 Å². The molecule has 2 aromatic carbocycles. The molecule has 0 fully saturated rings. The van der Waals surface area contributed by atoms with Crippen molar-refractivity contribution in [1.29, 1.82) is 0 Å². The lowest BCUT2D eigenvalue weighted by Gasteiger charge is -2.04. The normalized spacial score (nSPS) is 10.7. The van der Waals surface area contributed by atoms with Gasteiger partial charge in [0.05, 0.1) is 16.8 Å². The van der Waals surface area contributed by atoms with Gasteiger partial charge in [0.1, 0.15) is 0 Å². The highest BCUT2D eigenvalue weighted by Crippen LogP contribution is 2.26. The van der Waals surface area contributed by atoms with Crippen LogP contribution < -0.4 is 5.32 Å². The fourth-order valence-corrected chi connectivity index (χ4v) is 2.89. The van der Waals surface area contributed by atoms with Gasteiger partial charge in [-0.1, -0.05) is 54.6 Å². The highest BCUT2D eigenvalue weighted by Gasteiger charge is 2.16. The molecule has 24 heavy (non-hydrogen) atoms. The third-order valence-electron chi connectivity index (χ3n) is 4.02. The summed E-state index contributed by atoms with van der Waals surface area (Å²) >= 11 is 0. The maximum atomic E-state index is 12.7. The zero-order valence-corrected chi connectivity index (χ0v) is 13.0. The fraction of sp³-hybridized carbons (Fsp3) is 0. The molecule has 0 radical (unpaired) electrons. The Hall–Kier alpha value is -3.33. The summed E-state index contributed by atoms with van der Waals surface area (Å²) in [5, 5.41) is 2.96. The number of pyridine rings is 1. The molecule has 0 bridgehead atoms. The third-order valence-corrected chi connectivity index (χ3v) is 4.02. The van der Waals surface area contributed by atoms with Crippen molar-refractivity contribution in [3.63, 3.8) is 0 Å². The molecular formula is C21H16N2O. The summed E-state index contributed by atoms with van der Waals surface area (Å²) in [6, 6.07) is 27.4. The van der Waals surface area contributed by atoms with Crippen LogP contribution in [0.5, 0.6) is 0 Å². The predicted octanol–water partition coefficient (Wildman–Crippen LogP) is 4.86. The van der Waals surface area contributed by atoms with Crippen LogP contribution in [0.25, 0.3) is 16.8 Å². The Kier molecular flexibility index (Phi) is 3.60. The molecule has 4 aromatic rings. The number of aromatic nitrogens is 1. The molecule has 2 aromatic heterocycles. The van der Waals surface area contributed by atoms with Gasteiger partial charge in [-0.3, -0.25) is 4.79 Å². The van der Waals surface area contributed by atoms with Gasteiger partial charge in [-0.2, -0.15) is 0 Å². The number of benzene rings is 2. The number of fused-ring (bicyclic) bond motifs is 1. The van der Waals surface area contributed by atoms with E-state index in [1.807, 2.05) is 91.1 Å². The standard InChI is InChI=1S/C21H16N2O/c24-21(22-17-11-5-2-6-12-17)18-15-20(16-9-3-1-4-10-16)23-14-8-7-13-19(18)23/h1-15H,(H,22,24). The van der Waals surface area contributed by atoms with E-state index >= 15 is 0 Å². The van der Waals surface area contributed by atoms with Crippen LogP contribution in [0, 0.1) is 0 Å². The molecular weight excluding hydrogens is 296 g/mol. The number of nitrogens with zero attached hydrogens (tertiary/aromatic N) is 1. The first-order valence-electron chi connectivity index (χ1n) is 7.85. The second kappa shape index (κ2) is 6.05. The SMILES string of the molecule is O=C(Nc1ccccc1)c1cc(-c2ccccc2)n2ccccc12. The monoisotopic (exact) mass is 312 g/mol. The summed E-state index contributed by atoms with van der Waals surface area (Å²) in [6.45, 7) is 0. The van der Waals surface area contributed by atoms with Crippen LogP contribution in [0.15, 0.2) is 91.1 Å². The van der Waals surface area contributed by atoms with Crippen LogP contribution in [0.2, 0.25) is 0 Å². The molecule has 0 aliphatic rings. The minimum atomic E-state index is -0.105. The Morgan fingerprint density at radius 2 is 1.46 bits per heavy atom. The Morgan fingerprint density at radius 1 is 0.792 bits per heavy atom. The Balaban J connectivity index is 1.80. The van der Waals surface area contributed by atoms with Gasteiger partial charge < -0.3 is 9.72 Å². The van der Waals surface area contributed by atoms with E-state index in [1.54, 1.807) is 0 Å². The first-order valence-corrected chi connectivity index (χ1v) is 7.85. The molecule has 0 spiro atoms. The van der Waals surface area contributed by atoms with Gasteiger partial charge in [0.15, 0.2) is 0 Å². The molecule has 4 rings (SSSR count). The third kappa shape index (κ3) is 2.57. The lowest BCUT2D eigenvalue weighted by Crippen LogP contribution is -2.11. The summed E-state index contributed by atoms with van der Waals surface area (Å²) in [4.78, 5) is 12.7.